The summed E-state index contributed by atoms with van der Waals surface area (Å²) in [6.45, 7) is 3.47. The number of unbranched alkanes of at least 4 members (excludes halogenated alkanes) is 25. The highest BCUT2D eigenvalue weighted by Crippen LogP contribution is 2.43. The summed E-state index contributed by atoms with van der Waals surface area (Å²) in [5.74, 6) is -0.175. The average Bonchev–Trinajstić information content (AvgIpc) is 3.81. The van der Waals surface area contributed by atoms with Gasteiger partial charge in [-0.05, 0) is 25.7 Å². The number of ether oxygens (including phenoxy) is 2. The van der Waals surface area contributed by atoms with Crippen molar-refractivity contribution in [3.63, 3.8) is 0 Å². The summed E-state index contributed by atoms with van der Waals surface area (Å²) in [6.07, 6.45) is 33.3. The molecule has 5 atom stereocenters. The van der Waals surface area contributed by atoms with Gasteiger partial charge in [0, 0.05) is 36.8 Å². The largest absolute Gasteiger partial charge is 0.472 e. The molecule has 4 N–H and O–H groups in total. The van der Waals surface area contributed by atoms with Crippen LogP contribution in [0.4, 0.5) is 4.79 Å². The van der Waals surface area contributed by atoms with E-state index < -0.39 is 32.5 Å². The fourth-order valence-corrected chi connectivity index (χ4v) is 10.4. The van der Waals surface area contributed by atoms with Gasteiger partial charge in [-0.3, -0.25) is 23.4 Å². The molecular formula is C47H88N3O10PS. The lowest BCUT2D eigenvalue weighted by atomic mass is 10.0. The number of fused-ring (bicyclic) bond motifs is 1. The first-order valence-corrected chi connectivity index (χ1v) is 27.6. The molecule has 0 aliphatic carbocycles. The SMILES string of the molecule is CCCCCCCCCCCCCCCC(=O)OCC(COP(=O)(O)OCCNC(=O)CCCC[C@@H]1SC[C@@H]2NC(=O)N[C@@H]21)OC(=O)CCCCCCCCCCCCCCC. The summed E-state index contributed by atoms with van der Waals surface area (Å²) in [4.78, 5) is 59.6. The second-order valence-corrected chi connectivity index (χ2v) is 20.3. The molecule has 2 fully saturated rings. The van der Waals surface area contributed by atoms with Gasteiger partial charge in [0.15, 0.2) is 6.10 Å². The van der Waals surface area contributed by atoms with Crippen molar-refractivity contribution in [2.24, 2.45) is 0 Å². The third-order valence-electron chi connectivity index (χ3n) is 11.9. The number of esters is 2. The Morgan fingerprint density at radius 1 is 0.661 bits per heavy atom. The van der Waals surface area contributed by atoms with Crippen LogP contribution in [-0.2, 0) is 37.5 Å². The monoisotopic (exact) mass is 918 g/mol. The number of carbonyl (C=O) groups is 4. The van der Waals surface area contributed by atoms with Gasteiger partial charge >= 0.3 is 25.8 Å². The van der Waals surface area contributed by atoms with E-state index in [0.29, 0.717) is 30.9 Å². The Balaban J connectivity index is 1.64. The number of hydrogen-bond donors (Lipinski definition) is 4. The van der Waals surface area contributed by atoms with Gasteiger partial charge in [-0.1, -0.05) is 174 Å². The molecule has 13 nitrogen and oxygen atoms in total. The lowest BCUT2D eigenvalue weighted by Gasteiger charge is -2.20. The maximum absolute atomic E-state index is 12.8. The molecule has 2 heterocycles. The predicted octanol–water partition coefficient (Wildman–Crippen LogP) is 11.4. The van der Waals surface area contributed by atoms with Gasteiger partial charge in [0.05, 0.1) is 25.3 Å². The van der Waals surface area contributed by atoms with Gasteiger partial charge in [-0.25, -0.2) is 9.36 Å². The molecule has 2 rings (SSSR count). The number of amides is 3. The van der Waals surface area contributed by atoms with Gasteiger partial charge in [-0.2, -0.15) is 11.8 Å². The molecule has 0 saturated carbocycles. The van der Waals surface area contributed by atoms with Crippen LogP contribution in [0.15, 0.2) is 0 Å². The zero-order valence-corrected chi connectivity index (χ0v) is 40.7. The first kappa shape index (κ1) is 56.3. The highest BCUT2D eigenvalue weighted by atomic mass is 32.2. The number of rotatable bonds is 43. The number of thioether (sulfide) groups is 1. The smallest absolute Gasteiger partial charge is 0.462 e. The fraction of sp³-hybridized carbons (Fsp3) is 0.915. The van der Waals surface area contributed by atoms with Crippen LogP contribution in [0.1, 0.15) is 219 Å². The van der Waals surface area contributed by atoms with Crippen LogP contribution in [0, 0.1) is 0 Å². The minimum absolute atomic E-state index is 0.0149. The van der Waals surface area contributed by atoms with Gasteiger partial charge < -0.3 is 30.3 Å². The lowest BCUT2D eigenvalue weighted by Crippen LogP contribution is -2.36. The standard InChI is InChI=1S/C47H88N3O10PS/c1-3-5-7-9-11-13-15-17-19-21-23-25-27-33-44(52)57-37-40(60-45(53)34-28-26-24-22-20-18-16-14-12-10-8-6-4-2)38-59-61(55,56)58-36-35-48-43(51)32-30-29-31-42-46-41(39-62-42)49-47(54)50-46/h40-42,46H,3-39H2,1-2H3,(H,48,51)(H,55,56)(H2,49,50,54)/t40?,41-,42-,46-/m0/s1. The molecule has 362 valence electrons. The summed E-state index contributed by atoms with van der Waals surface area (Å²) in [5, 5.41) is 8.94. The van der Waals surface area contributed by atoms with Crippen LogP contribution in [0.5, 0.6) is 0 Å². The Bertz CT molecular complexity index is 1230. The van der Waals surface area contributed by atoms with E-state index in [1.807, 2.05) is 11.8 Å². The zero-order chi connectivity index (χ0) is 44.9. The topological polar surface area (TPSA) is 179 Å². The van der Waals surface area contributed by atoms with Gasteiger partial charge in [-0.15, -0.1) is 0 Å². The molecule has 2 saturated heterocycles. The van der Waals surface area contributed by atoms with Crippen molar-refractivity contribution in [1.29, 1.82) is 0 Å². The van der Waals surface area contributed by atoms with E-state index in [2.05, 4.69) is 29.8 Å². The van der Waals surface area contributed by atoms with E-state index in [4.69, 9.17) is 18.5 Å². The number of phosphoric acid groups is 1. The minimum Gasteiger partial charge on any atom is -0.462 e. The molecule has 2 aliphatic heterocycles. The second-order valence-electron chi connectivity index (χ2n) is 17.6. The fourth-order valence-electron chi connectivity index (χ4n) is 8.12. The van der Waals surface area contributed by atoms with Crippen molar-refractivity contribution >= 4 is 43.5 Å². The van der Waals surface area contributed by atoms with Crippen molar-refractivity contribution in [2.75, 3.05) is 32.1 Å². The summed E-state index contributed by atoms with van der Waals surface area (Å²) >= 11 is 1.84. The van der Waals surface area contributed by atoms with Crippen molar-refractivity contribution in [3.8, 4) is 0 Å². The first-order valence-electron chi connectivity index (χ1n) is 25.1. The van der Waals surface area contributed by atoms with Crippen molar-refractivity contribution in [1.82, 2.24) is 16.0 Å². The van der Waals surface area contributed by atoms with E-state index in [0.717, 1.165) is 57.1 Å². The molecule has 0 aromatic heterocycles. The molecular weight excluding hydrogens is 830 g/mol. The van der Waals surface area contributed by atoms with Crippen LogP contribution >= 0.6 is 19.6 Å². The Hall–Kier alpha value is -1.86. The van der Waals surface area contributed by atoms with E-state index in [1.165, 1.54) is 116 Å². The molecule has 0 radical (unpaired) electrons. The number of nitrogens with one attached hydrogen (secondary N) is 3. The van der Waals surface area contributed by atoms with Crippen LogP contribution in [-0.4, -0.2) is 84.3 Å². The van der Waals surface area contributed by atoms with Gasteiger partial charge in [0.1, 0.15) is 6.61 Å². The molecule has 0 aromatic rings. The zero-order valence-electron chi connectivity index (χ0n) is 38.9. The van der Waals surface area contributed by atoms with Crippen molar-refractivity contribution in [2.45, 2.75) is 243 Å². The highest BCUT2D eigenvalue weighted by Gasteiger charge is 2.42. The van der Waals surface area contributed by atoms with Crippen LogP contribution in [0.2, 0.25) is 0 Å². The lowest BCUT2D eigenvalue weighted by molar-refractivity contribution is -0.161. The normalized spacial score (nSPS) is 18.4. The minimum atomic E-state index is -4.56. The molecule has 0 spiro atoms. The van der Waals surface area contributed by atoms with E-state index in [-0.39, 0.29) is 56.6 Å². The quantitative estimate of drug-likeness (QED) is 0.0198. The van der Waals surface area contributed by atoms with Crippen LogP contribution in [0.25, 0.3) is 0 Å². The maximum atomic E-state index is 12.8. The number of urea groups is 1. The maximum Gasteiger partial charge on any atom is 0.472 e. The molecule has 62 heavy (non-hydrogen) atoms. The van der Waals surface area contributed by atoms with Crippen molar-refractivity contribution < 1.29 is 47.2 Å². The molecule has 0 aromatic carbocycles. The second kappa shape index (κ2) is 37.4. The summed E-state index contributed by atoms with van der Waals surface area (Å²) < 4.78 is 34.0. The molecule has 2 unspecified atom stereocenters. The van der Waals surface area contributed by atoms with E-state index in [1.54, 1.807) is 0 Å². The summed E-state index contributed by atoms with van der Waals surface area (Å²) in [7, 11) is -4.56. The van der Waals surface area contributed by atoms with E-state index in [9.17, 15) is 28.6 Å². The number of phosphoric ester groups is 1. The van der Waals surface area contributed by atoms with Gasteiger partial charge in [0.25, 0.3) is 0 Å². The third-order valence-corrected chi connectivity index (χ3v) is 14.4. The highest BCUT2D eigenvalue weighted by molar-refractivity contribution is 8.00. The Morgan fingerprint density at radius 3 is 1.68 bits per heavy atom. The van der Waals surface area contributed by atoms with Crippen molar-refractivity contribution in [3.05, 3.63) is 0 Å². The predicted molar refractivity (Wildman–Crippen MR) is 250 cm³/mol. The Labute approximate surface area is 380 Å². The first-order chi connectivity index (χ1) is 30.1. The summed E-state index contributed by atoms with van der Waals surface area (Å²) in [6, 6.07) is 0.201. The molecule has 3 amide bonds. The summed E-state index contributed by atoms with van der Waals surface area (Å²) in [5.41, 5.74) is 0. The Morgan fingerprint density at radius 2 is 1.15 bits per heavy atom. The average molecular weight is 918 g/mol. The molecule has 0 bridgehead atoms. The van der Waals surface area contributed by atoms with Crippen LogP contribution < -0.4 is 16.0 Å². The van der Waals surface area contributed by atoms with E-state index >= 15 is 0 Å². The number of hydrogen-bond acceptors (Lipinski definition) is 10. The molecule has 2 aliphatic rings. The number of carbonyl (C=O) groups excluding carboxylic acids is 4. The van der Waals surface area contributed by atoms with Gasteiger partial charge in [0.2, 0.25) is 5.91 Å². The third kappa shape index (κ3) is 30.3. The molecule has 15 heteroatoms. The Kier molecular flexibility index (Phi) is 33.9. The van der Waals surface area contributed by atoms with Crippen LogP contribution in [0.3, 0.4) is 0 Å².